The molecule has 7 aromatic carbocycles. The molecule has 0 radical (unpaired) electrons. The quantitative estimate of drug-likeness (QED) is 0.0988. The van der Waals surface area contributed by atoms with Gasteiger partial charge in [0.1, 0.15) is 0 Å². The van der Waals surface area contributed by atoms with E-state index in [1.54, 1.807) is 30.4 Å². The third kappa shape index (κ3) is 7.85. The highest BCUT2D eigenvalue weighted by molar-refractivity contribution is 5.89. The van der Waals surface area contributed by atoms with E-state index in [9.17, 15) is 5.48 Å². The smallest absolute Gasteiger partial charge is 0.0645 e. The molecule has 0 fully saturated rings. The van der Waals surface area contributed by atoms with Gasteiger partial charge in [-0.25, -0.2) is 0 Å². The number of hydrogen-bond acceptors (Lipinski definition) is 1. The van der Waals surface area contributed by atoms with Gasteiger partial charge in [-0.3, -0.25) is 0 Å². The maximum atomic E-state index is 9.61. The van der Waals surface area contributed by atoms with Crippen molar-refractivity contribution >= 4 is 34.8 Å². The summed E-state index contributed by atoms with van der Waals surface area (Å²) in [6.45, 7) is 15.5. The van der Waals surface area contributed by atoms with Gasteiger partial charge < -0.3 is 4.90 Å². The van der Waals surface area contributed by atoms with E-state index in [2.05, 4.69) is 178 Å². The maximum Gasteiger partial charge on any atom is 0.0645 e. The molecule has 0 spiro atoms. The Morgan fingerprint density at radius 3 is 1.86 bits per heavy atom. The van der Waals surface area contributed by atoms with Gasteiger partial charge in [-0.2, -0.15) is 0 Å². The van der Waals surface area contributed by atoms with Crippen LogP contribution < -0.4 is 4.90 Å². The van der Waals surface area contributed by atoms with Crippen LogP contribution in [-0.2, 0) is 5.41 Å². The van der Waals surface area contributed by atoms with Crippen molar-refractivity contribution < 1.29 is 5.48 Å². The molecule has 0 bridgehead atoms. The summed E-state index contributed by atoms with van der Waals surface area (Å²) < 4.78 is 37.9. The third-order valence-electron chi connectivity index (χ3n) is 12.3. The summed E-state index contributed by atoms with van der Waals surface area (Å²) in [4.78, 5) is 1.89. The number of nitrogens with zero attached hydrogens (tertiary/aromatic N) is 1. The Bertz CT molecular complexity index is 3230. The minimum atomic E-state index is -0.561. The summed E-state index contributed by atoms with van der Waals surface area (Å²) in [5.41, 5.74) is 13.7. The lowest BCUT2D eigenvalue weighted by atomic mass is 9.62. The van der Waals surface area contributed by atoms with E-state index in [0.717, 1.165) is 56.6 Å². The first kappa shape index (κ1) is 36.6. The first-order chi connectivity index (χ1) is 33.2. The Kier molecular flexibility index (Phi) is 10.6. The van der Waals surface area contributed by atoms with E-state index < -0.39 is 5.41 Å². The number of fused-ring (bicyclic) bond motifs is 3. The van der Waals surface area contributed by atoms with Crippen LogP contribution in [0.5, 0.6) is 0 Å². The lowest BCUT2D eigenvalue weighted by molar-refractivity contribution is 0.457. The van der Waals surface area contributed by atoms with E-state index in [1.807, 2.05) is 41.3 Å². The molecule has 1 nitrogen and oxygen atoms in total. The second-order valence-corrected chi connectivity index (χ2v) is 15.9. The number of hydrogen-bond donors (Lipinski definition) is 0. The fourth-order valence-corrected chi connectivity index (χ4v) is 9.27. The zero-order valence-corrected chi connectivity index (χ0v) is 35.8. The van der Waals surface area contributed by atoms with Crippen LogP contribution in [0.25, 0.3) is 51.1 Å². The van der Waals surface area contributed by atoms with E-state index in [0.29, 0.717) is 11.3 Å². The molecule has 7 aromatic rings. The molecule has 2 aliphatic carbocycles. The highest BCUT2D eigenvalue weighted by atomic mass is 15.1. The van der Waals surface area contributed by atoms with E-state index in [1.165, 1.54) is 16.7 Å². The van der Waals surface area contributed by atoms with Gasteiger partial charge in [0.2, 0.25) is 0 Å². The molecule has 0 aromatic heterocycles. The summed E-state index contributed by atoms with van der Waals surface area (Å²) in [6, 6.07) is 48.2. The molecule has 0 saturated carbocycles. The Morgan fingerprint density at radius 2 is 1.17 bits per heavy atom. The van der Waals surface area contributed by atoms with Crippen LogP contribution in [-0.4, -0.2) is 0 Å². The molecule has 2 aliphatic rings. The maximum absolute atomic E-state index is 9.61. The average Bonchev–Trinajstić information content (AvgIpc) is 3.68. The largest absolute Gasteiger partial charge is 0.310 e. The standard InChI is InChI=1S/C63H51N/c1-5-8-19-46(4)47-34-38-56(39-35-47)64(57-40-36-50(37-41-57)49-28-30-51(31-29-49)53-33-32-48(20-9-6-2)52(44-53)21-10-7-3)58-42-43-60-59-26-17-18-27-61(59)63(62(60)45-58,54-22-13-11-14-23-54)55-24-15-12-16-25-55/h5-24,26-45,55H,1-4,25H2/b19-8-,20-9-,21-10-/i34D,35D,38D,39D. The molecule has 0 amide bonds. The Morgan fingerprint density at radius 1 is 0.562 bits per heavy atom. The molecule has 64 heavy (non-hydrogen) atoms. The summed E-state index contributed by atoms with van der Waals surface area (Å²) >= 11 is 0. The van der Waals surface area contributed by atoms with Crippen molar-refractivity contribution in [2.75, 3.05) is 4.90 Å². The van der Waals surface area contributed by atoms with Crippen LogP contribution in [0, 0.1) is 5.92 Å². The SMILES string of the molecule is [2H]c1c([2H])c(N(c2ccc(-c3ccc(-c4ccc(/C=C\C=C)c(/C=C\C=C)c4)cc3)cc2)c2ccc3c(c2)C(c2ccccc2)(C2C=CC=CC2)c2ccccc2-3)c([2H])c([2H])c1C(=C)/C=C\C=C. The monoisotopic (exact) mass is 825 g/mol. The lowest BCUT2D eigenvalue weighted by Crippen LogP contribution is -2.35. The van der Waals surface area contributed by atoms with Gasteiger partial charge in [0.05, 0.1) is 10.9 Å². The van der Waals surface area contributed by atoms with Gasteiger partial charge in [0.15, 0.2) is 0 Å². The van der Waals surface area contributed by atoms with E-state index in [-0.39, 0.29) is 41.3 Å². The van der Waals surface area contributed by atoms with Crippen LogP contribution in [0.2, 0.25) is 0 Å². The second kappa shape index (κ2) is 18.5. The summed E-state index contributed by atoms with van der Waals surface area (Å²) in [5, 5.41) is 0. The van der Waals surface area contributed by atoms with Crippen LogP contribution in [0.3, 0.4) is 0 Å². The van der Waals surface area contributed by atoms with Gasteiger partial charge in [0.25, 0.3) is 0 Å². The molecular formula is C63H51N. The zero-order valence-electron chi connectivity index (χ0n) is 39.8. The number of benzene rings is 7. The number of anilines is 3. The fraction of sp³-hybridized carbons (Fsp3) is 0.0476. The molecule has 2 atom stereocenters. The van der Waals surface area contributed by atoms with Gasteiger partial charge in [-0.1, -0.05) is 227 Å². The molecular weight excluding hydrogens is 771 g/mol. The van der Waals surface area contributed by atoms with Gasteiger partial charge >= 0.3 is 0 Å². The van der Waals surface area contributed by atoms with Gasteiger partial charge in [0, 0.05) is 17.1 Å². The highest BCUT2D eigenvalue weighted by Crippen LogP contribution is 2.59. The summed E-state index contributed by atoms with van der Waals surface area (Å²) in [6.07, 6.45) is 26.1. The summed E-state index contributed by atoms with van der Waals surface area (Å²) in [5.74, 6) is 0.0914. The normalized spacial score (nSPS) is 17.1. The second-order valence-electron chi connectivity index (χ2n) is 15.9. The first-order valence-electron chi connectivity index (χ1n) is 23.7. The van der Waals surface area contributed by atoms with Crippen molar-refractivity contribution in [2.24, 2.45) is 5.92 Å². The predicted molar refractivity (Wildman–Crippen MR) is 277 cm³/mol. The third-order valence-corrected chi connectivity index (χ3v) is 12.3. The van der Waals surface area contributed by atoms with Crippen molar-refractivity contribution in [3.8, 4) is 33.4 Å². The molecule has 308 valence electrons. The van der Waals surface area contributed by atoms with E-state index in [4.69, 9.17) is 0 Å². The molecule has 9 rings (SSSR count). The minimum absolute atomic E-state index is 0.0914. The van der Waals surface area contributed by atoms with Gasteiger partial charge in [-0.15, -0.1) is 0 Å². The topological polar surface area (TPSA) is 3.24 Å². The van der Waals surface area contributed by atoms with Crippen molar-refractivity contribution in [1.29, 1.82) is 0 Å². The zero-order chi connectivity index (χ0) is 47.4. The average molecular weight is 826 g/mol. The number of rotatable bonds is 14. The van der Waals surface area contributed by atoms with Crippen molar-refractivity contribution in [3.05, 3.63) is 290 Å². The van der Waals surface area contributed by atoms with Gasteiger partial charge in [-0.05, 0) is 127 Å². The van der Waals surface area contributed by atoms with E-state index >= 15 is 0 Å². The molecule has 0 saturated heterocycles. The predicted octanol–water partition coefficient (Wildman–Crippen LogP) is 17.1. The Hall–Kier alpha value is -8.00. The fourth-order valence-electron chi connectivity index (χ4n) is 9.27. The number of allylic oxidation sites excluding steroid dienone is 12. The Labute approximate surface area is 385 Å². The lowest BCUT2D eigenvalue weighted by Gasteiger charge is -2.40. The molecule has 0 heterocycles. The summed E-state index contributed by atoms with van der Waals surface area (Å²) in [7, 11) is 0. The first-order valence-corrected chi connectivity index (χ1v) is 21.7. The van der Waals surface area contributed by atoms with Crippen LogP contribution in [0.15, 0.2) is 257 Å². The minimum Gasteiger partial charge on any atom is -0.310 e. The highest BCUT2D eigenvalue weighted by Gasteiger charge is 2.49. The van der Waals surface area contributed by atoms with Crippen molar-refractivity contribution in [3.63, 3.8) is 0 Å². The molecule has 0 aliphatic heterocycles. The molecule has 2 unspecified atom stereocenters. The van der Waals surface area contributed by atoms with Crippen molar-refractivity contribution in [1.82, 2.24) is 0 Å². The van der Waals surface area contributed by atoms with Crippen LogP contribution in [0.4, 0.5) is 17.1 Å². The van der Waals surface area contributed by atoms with Crippen molar-refractivity contribution in [2.45, 2.75) is 11.8 Å². The molecule has 0 N–H and O–H groups in total. The van der Waals surface area contributed by atoms with Crippen LogP contribution in [0.1, 0.15) is 45.3 Å². The Balaban J connectivity index is 1.19. The molecule has 1 heteroatoms. The van der Waals surface area contributed by atoms with Crippen LogP contribution >= 0.6 is 0 Å².